The van der Waals surface area contributed by atoms with Crippen molar-refractivity contribution in [1.82, 2.24) is 10.1 Å². The maximum atomic E-state index is 11.9. The molecule has 0 aliphatic rings. The van der Waals surface area contributed by atoms with Crippen molar-refractivity contribution in [2.75, 3.05) is 13.6 Å². The summed E-state index contributed by atoms with van der Waals surface area (Å²) >= 11 is 0. The molecule has 7 nitrogen and oxygen atoms in total. The highest BCUT2D eigenvalue weighted by atomic mass is 16.5. The van der Waals surface area contributed by atoms with Crippen LogP contribution in [-0.2, 0) is 0 Å². The van der Waals surface area contributed by atoms with Crippen LogP contribution in [0.25, 0.3) is 0 Å². The molecule has 0 bridgehead atoms. The molecule has 0 aliphatic heterocycles. The van der Waals surface area contributed by atoms with Crippen LogP contribution < -0.4 is 5.73 Å². The molecule has 0 aromatic carbocycles. The van der Waals surface area contributed by atoms with Gasteiger partial charge in [-0.05, 0) is 6.92 Å². The molecule has 1 heterocycles. The van der Waals surface area contributed by atoms with Crippen LogP contribution in [0.15, 0.2) is 15.7 Å². The van der Waals surface area contributed by atoms with E-state index in [1.807, 2.05) is 0 Å². The minimum atomic E-state index is -0.264. The van der Waals surface area contributed by atoms with Gasteiger partial charge in [-0.3, -0.25) is 4.79 Å². The third-order valence-electron chi connectivity index (χ3n) is 2.36. The van der Waals surface area contributed by atoms with Crippen molar-refractivity contribution in [3.05, 3.63) is 17.5 Å². The fourth-order valence-corrected chi connectivity index (χ4v) is 1.35. The first-order valence-electron chi connectivity index (χ1n) is 5.12. The Balaban J connectivity index is 2.65. The molecule has 1 aromatic rings. The maximum absolute atomic E-state index is 11.9. The lowest BCUT2D eigenvalue weighted by molar-refractivity contribution is 0.0775. The van der Waals surface area contributed by atoms with Crippen molar-refractivity contribution in [3.63, 3.8) is 0 Å². The monoisotopic (exact) mass is 240 g/mol. The number of carbonyl (C=O) groups excluding carboxylic acids is 1. The lowest BCUT2D eigenvalue weighted by Crippen LogP contribution is -2.36. The molecule has 1 unspecified atom stereocenters. The normalized spacial score (nSPS) is 13.5. The lowest BCUT2D eigenvalue weighted by Gasteiger charge is -2.19. The maximum Gasteiger partial charge on any atom is 0.275 e. The Labute approximate surface area is 98.9 Å². The summed E-state index contributed by atoms with van der Waals surface area (Å²) in [6, 6.07) is 1.56. The summed E-state index contributed by atoms with van der Waals surface area (Å²) in [7, 11) is 1.62. The van der Waals surface area contributed by atoms with E-state index in [1.54, 1.807) is 27.0 Å². The molecule has 7 heteroatoms. The number of rotatable bonds is 4. The van der Waals surface area contributed by atoms with Gasteiger partial charge in [0.1, 0.15) is 11.6 Å². The fourth-order valence-electron chi connectivity index (χ4n) is 1.35. The summed E-state index contributed by atoms with van der Waals surface area (Å²) in [6.45, 7) is 3.80. The van der Waals surface area contributed by atoms with Crippen molar-refractivity contribution in [3.8, 4) is 0 Å². The van der Waals surface area contributed by atoms with E-state index in [2.05, 4.69) is 10.3 Å². The van der Waals surface area contributed by atoms with E-state index in [4.69, 9.17) is 15.5 Å². The third-order valence-corrected chi connectivity index (χ3v) is 2.36. The number of aromatic nitrogens is 1. The minimum absolute atomic E-state index is 0.0842. The van der Waals surface area contributed by atoms with Gasteiger partial charge in [-0.1, -0.05) is 17.2 Å². The van der Waals surface area contributed by atoms with Crippen LogP contribution in [0, 0.1) is 12.8 Å². The molecule has 3 N–H and O–H groups in total. The van der Waals surface area contributed by atoms with Gasteiger partial charge in [0, 0.05) is 25.6 Å². The molecule has 0 saturated carbocycles. The van der Waals surface area contributed by atoms with Crippen molar-refractivity contribution in [1.29, 1.82) is 0 Å². The molecule has 0 fully saturated rings. The zero-order valence-electron chi connectivity index (χ0n) is 10.0. The number of amides is 1. The van der Waals surface area contributed by atoms with Gasteiger partial charge in [0.05, 0.1) is 0 Å². The minimum Gasteiger partial charge on any atom is -0.409 e. The standard InChI is InChI=1S/C10H16N4O3/c1-6(9(11)12-16)5-14(3)10(15)8-4-7(2)17-13-8/h4,6,16H,5H2,1-3H3,(H2,11,12). The lowest BCUT2D eigenvalue weighted by atomic mass is 10.1. The first kappa shape index (κ1) is 13.0. The molecular formula is C10H16N4O3. The second-order valence-corrected chi connectivity index (χ2v) is 3.93. The fraction of sp³-hybridized carbons (Fsp3) is 0.500. The molecule has 1 atom stereocenters. The summed E-state index contributed by atoms with van der Waals surface area (Å²) in [5.74, 6) is 0.161. The van der Waals surface area contributed by atoms with Crippen molar-refractivity contribution in [2.45, 2.75) is 13.8 Å². The Morgan fingerprint density at radius 1 is 1.76 bits per heavy atom. The van der Waals surface area contributed by atoms with Gasteiger partial charge in [0.15, 0.2) is 5.69 Å². The molecule has 17 heavy (non-hydrogen) atoms. The SMILES string of the molecule is Cc1cc(C(=O)N(C)CC(C)C(N)=NO)no1. The summed E-state index contributed by atoms with van der Waals surface area (Å²) in [4.78, 5) is 13.3. The topological polar surface area (TPSA) is 105 Å². The smallest absolute Gasteiger partial charge is 0.275 e. The largest absolute Gasteiger partial charge is 0.409 e. The molecule has 1 aromatic heterocycles. The Kier molecular flexibility index (Phi) is 4.08. The van der Waals surface area contributed by atoms with Gasteiger partial charge in [0.2, 0.25) is 0 Å². The van der Waals surface area contributed by atoms with E-state index in [0.29, 0.717) is 12.3 Å². The molecule has 0 saturated heterocycles. The number of nitrogens with zero attached hydrogens (tertiary/aromatic N) is 3. The van der Waals surface area contributed by atoms with E-state index >= 15 is 0 Å². The molecule has 0 radical (unpaired) electrons. The Morgan fingerprint density at radius 3 is 2.88 bits per heavy atom. The van der Waals surface area contributed by atoms with Crippen LogP contribution in [0.1, 0.15) is 23.2 Å². The van der Waals surface area contributed by atoms with Gasteiger partial charge >= 0.3 is 0 Å². The van der Waals surface area contributed by atoms with E-state index < -0.39 is 0 Å². The van der Waals surface area contributed by atoms with E-state index in [0.717, 1.165) is 0 Å². The van der Waals surface area contributed by atoms with Gasteiger partial charge < -0.3 is 20.4 Å². The van der Waals surface area contributed by atoms with Crippen LogP contribution in [0.2, 0.25) is 0 Å². The van der Waals surface area contributed by atoms with Crippen LogP contribution in [0.5, 0.6) is 0 Å². The van der Waals surface area contributed by atoms with Crippen LogP contribution in [0.3, 0.4) is 0 Å². The Morgan fingerprint density at radius 2 is 2.41 bits per heavy atom. The zero-order valence-corrected chi connectivity index (χ0v) is 10.0. The summed E-state index contributed by atoms with van der Waals surface area (Å²) in [5, 5.41) is 15.0. The molecular weight excluding hydrogens is 224 g/mol. The van der Waals surface area contributed by atoms with Crippen molar-refractivity contribution in [2.24, 2.45) is 16.8 Å². The third kappa shape index (κ3) is 3.20. The van der Waals surface area contributed by atoms with Crippen LogP contribution in [-0.4, -0.2) is 40.6 Å². The van der Waals surface area contributed by atoms with Crippen LogP contribution in [0.4, 0.5) is 0 Å². The second-order valence-electron chi connectivity index (χ2n) is 3.93. The van der Waals surface area contributed by atoms with Crippen molar-refractivity contribution < 1.29 is 14.5 Å². The number of hydrogen-bond acceptors (Lipinski definition) is 5. The highest BCUT2D eigenvalue weighted by Crippen LogP contribution is 2.07. The summed E-state index contributed by atoms with van der Waals surface area (Å²) < 4.78 is 4.82. The number of amidine groups is 1. The van der Waals surface area contributed by atoms with Gasteiger partial charge in [-0.25, -0.2) is 0 Å². The second kappa shape index (κ2) is 5.33. The highest BCUT2D eigenvalue weighted by molar-refractivity contribution is 5.92. The molecule has 0 spiro atoms. The van der Waals surface area contributed by atoms with Crippen molar-refractivity contribution >= 4 is 11.7 Å². The molecule has 0 aliphatic carbocycles. The molecule has 94 valence electrons. The number of aryl methyl sites for hydroxylation is 1. The van der Waals surface area contributed by atoms with Crippen LogP contribution >= 0.6 is 0 Å². The average molecular weight is 240 g/mol. The Bertz CT molecular complexity index is 427. The van der Waals surface area contributed by atoms with E-state index in [9.17, 15) is 4.79 Å². The Hall–Kier alpha value is -2.05. The van der Waals surface area contributed by atoms with Gasteiger partial charge in [-0.15, -0.1) is 0 Å². The van der Waals surface area contributed by atoms with Gasteiger partial charge in [-0.2, -0.15) is 0 Å². The number of carbonyl (C=O) groups is 1. The number of hydrogen-bond donors (Lipinski definition) is 2. The zero-order chi connectivity index (χ0) is 13.0. The van der Waals surface area contributed by atoms with E-state index in [-0.39, 0.29) is 23.4 Å². The predicted molar refractivity (Wildman–Crippen MR) is 60.8 cm³/mol. The van der Waals surface area contributed by atoms with Gasteiger partial charge in [0.25, 0.3) is 5.91 Å². The molecule has 1 rings (SSSR count). The number of nitrogens with two attached hydrogens (primary N) is 1. The highest BCUT2D eigenvalue weighted by Gasteiger charge is 2.19. The first-order valence-corrected chi connectivity index (χ1v) is 5.12. The summed E-state index contributed by atoms with van der Waals surface area (Å²) in [5.41, 5.74) is 5.68. The number of oxime groups is 1. The van der Waals surface area contributed by atoms with E-state index in [1.165, 1.54) is 4.90 Å². The first-order chi connectivity index (χ1) is 7.95. The quantitative estimate of drug-likeness (QED) is 0.344. The average Bonchev–Trinajstić information content (AvgIpc) is 2.73. The molecule has 1 amide bonds. The predicted octanol–water partition coefficient (Wildman–Crippen LogP) is 0.438. The summed E-state index contributed by atoms with van der Waals surface area (Å²) in [6.07, 6.45) is 0.